The lowest BCUT2D eigenvalue weighted by Gasteiger charge is -2.18. The zero-order chi connectivity index (χ0) is 13.6. The van der Waals surface area contributed by atoms with Gasteiger partial charge in [0.15, 0.2) is 17.7 Å². The Labute approximate surface area is 109 Å². The third-order valence-corrected chi connectivity index (χ3v) is 3.62. The molecular weight excluding hydrogens is 246 g/mol. The topological polar surface area (TPSA) is 99.1 Å². The monoisotopic (exact) mass is 261 g/mol. The first-order valence-corrected chi connectivity index (χ1v) is 6.03. The van der Waals surface area contributed by atoms with Crippen molar-refractivity contribution in [3.8, 4) is 0 Å². The molecule has 0 saturated heterocycles. The first-order valence-electron chi connectivity index (χ1n) is 6.03. The van der Waals surface area contributed by atoms with Crippen molar-refractivity contribution in [3.05, 3.63) is 24.0 Å². The smallest absolute Gasteiger partial charge is 0.184 e. The van der Waals surface area contributed by atoms with Gasteiger partial charge in [-0.1, -0.05) is 6.92 Å². The second kappa shape index (κ2) is 4.20. The molecule has 0 spiro atoms. The quantitative estimate of drug-likeness (QED) is 0.831. The first kappa shape index (κ1) is 11.9. The summed E-state index contributed by atoms with van der Waals surface area (Å²) in [7, 11) is 0. The summed E-state index contributed by atoms with van der Waals surface area (Å²) in [5.41, 5.74) is 8.00. The summed E-state index contributed by atoms with van der Waals surface area (Å²) in [6.07, 6.45) is 2.79. The maximum absolute atomic E-state index is 9.27. The molecule has 2 atom stereocenters. The highest BCUT2D eigenvalue weighted by Crippen LogP contribution is 2.38. The van der Waals surface area contributed by atoms with Gasteiger partial charge in [0, 0.05) is 5.92 Å². The number of aromatic nitrogens is 4. The van der Waals surface area contributed by atoms with Gasteiger partial charge < -0.3 is 15.6 Å². The SMILES string of the molecule is CC1=C(CO)O[C@@H](n2cnc3c(N)ncnc32)C1C. The summed E-state index contributed by atoms with van der Waals surface area (Å²) in [5.74, 6) is 1.10. The Morgan fingerprint density at radius 1 is 1.42 bits per heavy atom. The molecule has 19 heavy (non-hydrogen) atoms. The molecule has 100 valence electrons. The number of aliphatic hydroxyl groups excluding tert-OH is 1. The third-order valence-electron chi connectivity index (χ3n) is 3.62. The number of nitrogens with zero attached hydrogens (tertiary/aromatic N) is 4. The Balaban J connectivity index is 2.06. The molecule has 3 heterocycles. The molecular formula is C12H15N5O2. The van der Waals surface area contributed by atoms with Gasteiger partial charge in [-0.25, -0.2) is 15.0 Å². The molecule has 1 unspecified atom stereocenters. The molecule has 0 amide bonds. The van der Waals surface area contributed by atoms with Crippen molar-refractivity contribution in [2.24, 2.45) is 5.92 Å². The molecule has 3 rings (SSSR count). The fourth-order valence-corrected chi connectivity index (χ4v) is 2.32. The van der Waals surface area contributed by atoms with Crippen LogP contribution in [0.15, 0.2) is 24.0 Å². The van der Waals surface area contributed by atoms with Gasteiger partial charge in [0.1, 0.15) is 30.5 Å². The second-order valence-corrected chi connectivity index (χ2v) is 4.64. The molecule has 7 nitrogen and oxygen atoms in total. The van der Waals surface area contributed by atoms with Crippen LogP contribution in [-0.2, 0) is 4.74 Å². The molecule has 0 aliphatic carbocycles. The van der Waals surface area contributed by atoms with Crippen LogP contribution in [0.2, 0.25) is 0 Å². The van der Waals surface area contributed by atoms with Crippen LogP contribution < -0.4 is 5.73 Å². The average molecular weight is 261 g/mol. The number of hydrogen-bond acceptors (Lipinski definition) is 6. The number of nitrogens with two attached hydrogens (primary N) is 1. The Morgan fingerprint density at radius 2 is 2.21 bits per heavy atom. The lowest BCUT2D eigenvalue weighted by molar-refractivity contribution is 0.0422. The summed E-state index contributed by atoms with van der Waals surface area (Å²) in [5, 5.41) is 9.27. The van der Waals surface area contributed by atoms with Gasteiger partial charge in [-0.3, -0.25) is 4.57 Å². The molecule has 7 heteroatoms. The Kier molecular flexibility index (Phi) is 2.63. The van der Waals surface area contributed by atoms with E-state index in [0.717, 1.165) is 5.57 Å². The predicted molar refractivity (Wildman–Crippen MR) is 68.8 cm³/mol. The number of ether oxygens (including phenoxy) is 1. The first-order chi connectivity index (χ1) is 9.13. The van der Waals surface area contributed by atoms with Crippen molar-refractivity contribution in [1.82, 2.24) is 19.5 Å². The number of anilines is 1. The van der Waals surface area contributed by atoms with Crippen LogP contribution in [0.25, 0.3) is 11.2 Å². The lowest BCUT2D eigenvalue weighted by Crippen LogP contribution is -2.15. The maximum Gasteiger partial charge on any atom is 0.184 e. The van der Waals surface area contributed by atoms with Gasteiger partial charge in [0.25, 0.3) is 0 Å². The van der Waals surface area contributed by atoms with Crippen molar-refractivity contribution in [2.45, 2.75) is 20.1 Å². The van der Waals surface area contributed by atoms with E-state index in [9.17, 15) is 5.11 Å². The number of aliphatic hydroxyl groups is 1. The van der Waals surface area contributed by atoms with E-state index in [0.29, 0.717) is 22.7 Å². The van der Waals surface area contributed by atoms with E-state index in [4.69, 9.17) is 10.5 Å². The largest absolute Gasteiger partial charge is 0.471 e. The van der Waals surface area contributed by atoms with Crippen molar-refractivity contribution in [2.75, 3.05) is 12.3 Å². The van der Waals surface area contributed by atoms with E-state index >= 15 is 0 Å². The zero-order valence-electron chi connectivity index (χ0n) is 10.7. The third kappa shape index (κ3) is 1.66. The highest BCUT2D eigenvalue weighted by molar-refractivity contribution is 5.81. The lowest BCUT2D eigenvalue weighted by atomic mass is 10.0. The molecule has 0 aromatic carbocycles. The molecule has 2 aromatic heterocycles. The zero-order valence-corrected chi connectivity index (χ0v) is 10.7. The minimum absolute atomic E-state index is 0.101. The molecule has 2 aromatic rings. The number of imidazole rings is 1. The van der Waals surface area contributed by atoms with E-state index < -0.39 is 0 Å². The van der Waals surface area contributed by atoms with Gasteiger partial charge in [0.05, 0.1) is 0 Å². The predicted octanol–water partition coefficient (Wildman–Crippen LogP) is 0.840. The van der Waals surface area contributed by atoms with Crippen molar-refractivity contribution in [1.29, 1.82) is 0 Å². The van der Waals surface area contributed by atoms with E-state index in [2.05, 4.69) is 15.0 Å². The summed E-state index contributed by atoms with van der Waals surface area (Å²) >= 11 is 0. The van der Waals surface area contributed by atoms with Crippen LogP contribution in [0.4, 0.5) is 5.82 Å². The van der Waals surface area contributed by atoms with Crippen LogP contribution in [0, 0.1) is 5.92 Å². The summed E-state index contributed by atoms with van der Waals surface area (Å²) < 4.78 is 7.60. The highest BCUT2D eigenvalue weighted by Gasteiger charge is 2.33. The minimum Gasteiger partial charge on any atom is -0.471 e. The van der Waals surface area contributed by atoms with Gasteiger partial charge in [-0.2, -0.15) is 0 Å². The molecule has 0 radical (unpaired) electrons. The fourth-order valence-electron chi connectivity index (χ4n) is 2.32. The van der Waals surface area contributed by atoms with Gasteiger partial charge in [0.2, 0.25) is 0 Å². The average Bonchev–Trinajstić information content (AvgIpc) is 2.94. The van der Waals surface area contributed by atoms with Crippen LogP contribution in [0.1, 0.15) is 20.1 Å². The fraction of sp³-hybridized carbons (Fsp3) is 0.417. The van der Waals surface area contributed by atoms with Crippen LogP contribution >= 0.6 is 0 Å². The maximum atomic E-state index is 9.27. The summed E-state index contributed by atoms with van der Waals surface area (Å²) in [4.78, 5) is 12.3. The minimum atomic E-state index is -0.263. The van der Waals surface area contributed by atoms with Crippen molar-refractivity contribution in [3.63, 3.8) is 0 Å². The number of fused-ring (bicyclic) bond motifs is 1. The summed E-state index contributed by atoms with van der Waals surface area (Å²) in [6.45, 7) is 3.90. The van der Waals surface area contributed by atoms with Crippen molar-refractivity contribution < 1.29 is 9.84 Å². The molecule has 0 bridgehead atoms. The Morgan fingerprint density at radius 3 is 2.89 bits per heavy atom. The Hall–Kier alpha value is -2.15. The van der Waals surface area contributed by atoms with Gasteiger partial charge in [-0.05, 0) is 12.5 Å². The molecule has 0 saturated carbocycles. The normalized spacial score (nSPS) is 23.1. The summed E-state index contributed by atoms with van der Waals surface area (Å²) in [6, 6.07) is 0. The van der Waals surface area contributed by atoms with Crippen LogP contribution in [0.5, 0.6) is 0 Å². The Bertz CT molecular complexity index is 663. The van der Waals surface area contributed by atoms with Crippen LogP contribution in [-0.4, -0.2) is 31.2 Å². The van der Waals surface area contributed by atoms with E-state index in [1.54, 1.807) is 6.33 Å². The molecule has 0 fully saturated rings. The van der Waals surface area contributed by atoms with E-state index in [1.807, 2.05) is 18.4 Å². The number of nitrogen functional groups attached to an aromatic ring is 1. The van der Waals surface area contributed by atoms with Crippen LogP contribution in [0.3, 0.4) is 0 Å². The number of hydrogen-bond donors (Lipinski definition) is 2. The molecule has 1 aliphatic heterocycles. The van der Waals surface area contributed by atoms with Gasteiger partial charge >= 0.3 is 0 Å². The second-order valence-electron chi connectivity index (χ2n) is 4.64. The highest BCUT2D eigenvalue weighted by atomic mass is 16.5. The van der Waals surface area contributed by atoms with E-state index in [1.165, 1.54) is 6.33 Å². The van der Waals surface area contributed by atoms with E-state index in [-0.39, 0.29) is 18.8 Å². The van der Waals surface area contributed by atoms with Crippen molar-refractivity contribution >= 4 is 17.0 Å². The number of rotatable bonds is 2. The standard InChI is InChI=1S/C12H15N5O2/c1-6-7(2)12(19-8(6)3-18)17-5-16-9-10(13)14-4-15-11(9)17/h4-5,7,12,18H,3H2,1-2H3,(H2,13,14,15)/t7?,12-/m1/s1. The molecule has 3 N–H and O–H groups in total. The molecule has 1 aliphatic rings. The van der Waals surface area contributed by atoms with Gasteiger partial charge in [-0.15, -0.1) is 0 Å².